The molecule has 1 aromatic carbocycles. The van der Waals surface area contributed by atoms with Crippen LogP contribution in [0, 0.1) is 24.0 Å². The molecule has 0 aromatic heterocycles. The Bertz CT molecular complexity index is 555. The fraction of sp³-hybridized carbons (Fsp3) is 0.300. The molecule has 19 heavy (non-hydrogen) atoms. The third-order valence-corrected chi connectivity index (χ3v) is 2.40. The second-order valence-corrected chi connectivity index (χ2v) is 3.77. The topological polar surface area (TPSA) is 92.5 Å². The molecule has 0 fully saturated rings. The summed E-state index contributed by atoms with van der Waals surface area (Å²) < 4.78 is 36.4. The molecule has 9 heteroatoms. The zero-order valence-corrected chi connectivity index (χ0v) is 9.83. The van der Waals surface area contributed by atoms with E-state index < -0.39 is 28.4 Å². The predicted octanol–water partition coefficient (Wildman–Crippen LogP) is 2.42. The van der Waals surface area contributed by atoms with E-state index in [1.54, 1.807) is 5.32 Å². The summed E-state index contributed by atoms with van der Waals surface area (Å²) in [6, 6.07) is 0.914. The lowest BCUT2D eigenvalue weighted by molar-refractivity contribution is -0.386. The molecule has 0 saturated heterocycles. The van der Waals surface area contributed by atoms with Crippen molar-refractivity contribution in [2.24, 2.45) is 0 Å². The van der Waals surface area contributed by atoms with Crippen LogP contribution in [0.1, 0.15) is 11.1 Å². The third kappa shape index (κ3) is 2.92. The Morgan fingerprint density at radius 2 is 1.95 bits per heavy atom. The maximum absolute atomic E-state index is 12.1. The second kappa shape index (κ2) is 4.75. The summed E-state index contributed by atoms with van der Waals surface area (Å²) in [7, 11) is 0. The minimum atomic E-state index is -5.11. The number of carbonyl (C=O) groups is 1. The number of hydrogen-bond acceptors (Lipinski definition) is 4. The van der Waals surface area contributed by atoms with E-state index in [9.17, 15) is 33.2 Å². The average molecular weight is 278 g/mol. The first-order chi connectivity index (χ1) is 8.55. The van der Waals surface area contributed by atoms with Crippen LogP contribution >= 0.6 is 0 Å². The van der Waals surface area contributed by atoms with Gasteiger partial charge in [-0.2, -0.15) is 13.2 Å². The summed E-state index contributed by atoms with van der Waals surface area (Å²) in [5.74, 6) is -2.91. The molecule has 0 aliphatic carbocycles. The van der Waals surface area contributed by atoms with Gasteiger partial charge in [0.1, 0.15) is 0 Å². The Morgan fingerprint density at radius 1 is 1.42 bits per heavy atom. The van der Waals surface area contributed by atoms with E-state index in [4.69, 9.17) is 0 Å². The van der Waals surface area contributed by atoms with E-state index in [1.807, 2.05) is 0 Å². The monoisotopic (exact) mass is 278 g/mol. The second-order valence-electron chi connectivity index (χ2n) is 3.77. The Morgan fingerprint density at radius 3 is 2.37 bits per heavy atom. The number of halogens is 3. The number of phenolic OH excluding ortho intramolecular Hbond substituents is 1. The van der Waals surface area contributed by atoms with E-state index >= 15 is 0 Å². The quantitative estimate of drug-likeness (QED) is 0.493. The van der Waals surface area contributed by atoms with Crippen LogP contribution in [-0.2, 0) is 4.79 Å². The lowest BCUT2D eigenvalue weighted by atomic mass is 10.1. The van der Waals surface area contributed by atoms with Crippen LogP contribution in [0.4, 0.5) is 24.5 Å². The molecule has 104 valence electrons. The van der Waals surface area contributed by atoms with Crippen molar-refractivity contribution >= 4 is 17.3 Å². The maximum Gasteiger partial charge on any atom is 0.471 e. The van der Waals surface area contributed by atoms with Gasteiger partial charge < -0.3 is 10.4 Å². The first kappa shape index (κ1) is 14.7. The Labute approximate surface area is 105 Å². The number of aromatic hydroxyl groups is 1. The van der Waals surface area contributed by atoms with Crippen LogP contribution in [-0.4, -0.2) is 22.1 Å². The zero-order chi connectivity index (χ0) is 15.0. The van der Waals surface area contributed by atoms with Crippen molar-refractivity contribution in [1.29, 1.82) is 0 Å². The smallest absolute Gasteiger partial charge is 0.471 e. The lowest BCUT2D eigenvalue weighted by Gasteiger charge is -2.13. The number of alkyl halides is 3. The summed E-state index contributed by atoms with van der Waals surface area (Å²) in [6.45, 7) is 2.44. The number of rotatable bonds is 2. The van der Waals surface area contributed by atoms with Crippen molar-refractivity contribution < 1.29 is 28.0 Å². The molecule has 6 nitrogen and oxygen atoms in total. The highest BCUT2D eigenvalue weighted by Crippen LogP contribution is 2.37. The van der Waals surface area contributed by atoms with E-state index in [-0.39, 0.29) is 16.8 Å². The molecule has 0 spiro atoms. The number of nitro groups is 1. The standard InChI is InChI=1S/C10H9F3N2O4/c1-4-3-6(16)8(15(18)19)5(2)7(4)14-9(17)10(11,12)13/h3,16H,1-2H3,(H,14,17). The number of nitrogens with zero attached hydrogens (tertiary/aromatic N) is 1. The third-order valence-electron chi connectivity index (χ3n) is 2.40. The molecule has 0 radical (unpaired) electrons. The van der Waals surface area contributed by atoms with Gasteiger partial charge in [0, 0.05) is 0 Å². The molecule has 0 atom stereocenters. The summed E-state index contributed by atoms with van der Waals surface area (Å²) in [4.78, 5) is 20.6. The molecule has 0 unspecified atom stereocenters. The SMILES string of the molecule is Cc1cc(O)c([N+](=O)[O-])c(C)c1NC(=O)C(F)(F)F. The van der Waals surface area contributed by atoms with Crippen LogP contribution < -0.4 is 5.32 Å². The fourth-order valence-electron chi connectivity index (χ4n) is 1.56. The Hall–Kier alpha value is -2.32. The summed E-state index contributed by atoms with van der Waals surface area (Å²) in [5.41, 5.74) is -1.26. The van der Waals surface area contributed by atoms with Crippen LogP contribution in [0.25, 0.3) is 0 Å². The molecule has 1 amide bonds. The normalized spacial score (nSPS) is 11.2. The van der Waals surface area contributed by atoms with Crippen molar-refractivity contribution in [2.45, 2.75) is 20.0 Å². The van der Waals surface area contributed by atoms with E-state index in [1.165, 1.54) is 6.92 Å². The highest BCUT2D eigenvalue weighted by atomic mass is 19.4. The number of carbonyl (C=O) groups excluding carboxylic acids is 1. The molecule has 0 bridgehead atoms. The van der Waals surface area contributed by atoms with Crippen LogP contribution in [0.5, 0.6) is 5.75 Å². The number of nitrogens with one attached hydrogen (secondary N) is 1. The maximum atomic E-state index is 12.1. The first-order valence-electron chi connectivity index (χ1n) is 4.91. The number of benzene rings is 1. The van der Waals surface area contributed by atoms with Crippen molar-refractivity contribution in [3.05, 3.63) is 27.3 Å². The molecular weight excluding hydrogens is 269 g/mol. The van der Waals surface area contributed by atoms with E-state index in [0.29, 0.717) is 0 Å². The van der Waals surface area contributed by atoms with Crippen LogP contribution in [0.2, 0.25) is 0 Å². The van der Waals surface area contributed by atoms with Gasteiger partial charge in [-0.15, -0.1) is 0 Å². The number of nitro benzene ring substituents is 1. The van der Waals surface area contributed by atoms with Gasteiger partial charge in [-0.25, -0.2) is 0 Å². The summed E-state index contributed by atoms with van der Waals surface area (Å²) in [6.07, 6.45) is -5.11. The number of phenols is 1. The molecular formula is C10H9F3N2O4. The van der Waals surface area contributed by atoms with Crippen molar-refractivity contribution in [1.82, 2.24) is 0 Å². The number of amides is 1. The van der Waals surface area contributed by atoms with Crippen LogP contribution in [0.15, 0.2) is 6.07 Å². The van der Waals surface area contributed by atoms with Crippen LogP contribution in [0.3, 0.4) is 0 Å². The van der Waals surface area contributed by atoms with Gasteiger partial charge >= 0.3 is 17.8 Å². The largest absolute Gasteiger partial charge is 0.502 e. The van der Waals surface area contributed by atoms with Gasteiger partial charge in [0.2, 0.25) is 0 Å². The first-order valence-corrected chi connectivity index (χ1v) is 4.91. The summed E-state index contributed by atoms with van der Waals surface area (Å²) in [5, 5.41) is 21.6. The number of anilines is 1. The minimum absolute atomic E-state index is 0.0817. The predicted molar refractivity (Wildman–Crippen MR) is 58.9 cm³/mol. The molecule has 0 aliphatic heterocycles. The molecule has 1 rings (SSSR count). The summed E-state index contributed by atoms with van der Waals surface area (Å²) >= 11 is 0. The van der Waals surface area contributed by atoms with Gasteiger partial charge in [-0.05, 0) is 25.5 Å². The van der Waals surface area contributed by atoms with Gasteiger partial charge in [0.25, 0.3) is 0 Å². The molecule has 2 N–H and O–H groups in total. The molecule has 0 heterocycles. The number of hydrogen-bond donors (Lipinski definition) is 2. The van der Waals surface area contributed by atoms with Crippen molar-refractivity contribution in [3.8, 4) is 5.75 Å². The Kier molecular flexibility index (Phi) is 3.68. The van der Waals surface area contributed by atoms with Crippen molar-refractivity contribution in [3.63, 3.8) is 0 Å². The molecule has 0 saturated carbocycles. The zero-order valence-electron chi connectivity index (χ0n) is 9.83. The highest BCUT2D eigenvalue weighted by molar-refractivity contribution is 5.97. The van der Waals surface area contributed by atoms with Crippen molar-refractivity contribution in [2.75, 3.05) is 5.32 Å². The van der Waals surface area contributed by atoms with E-state index in [0.717, 1.165) is 13.0 Å². The fourth-order valence-corrected chi connectivity index (χ4v) is 1.56. The van der Waals surface area contributed by atoms with Gasteiger partial charge in [-0.3, -0.25) is 14.9 Å². The number of aryl methyl sites for hydroxylation is 1. The lowest BCUT2D eigenvalue weighted by Crippen LogP contribution is -2.30. The minimum Gasteiger partial charge on any atom is -0.502 e. The highest BCUT2D eigenvalue weighted by Gasteiger charge is 2.39. The molecule has 1 aromatic rings. The van der Waals surface area contributed by atoms with Gasteiger partial charge in [-0.1, -0.05) is 0 Å². The van der Waals surface area contributed by atoms with E-state index in [2.05, 4.69) is 0 Å². The average Bonchev–Trinajstić information content (AvgIpc) is 2.21. The Balaban J connectivity index is 3.33. The van der Waals surface area contributed by atoms with Gasteiger partial charge in [0.05, 0.1) is 16.2 Å². The molecule has 0 aliphatic rings. The van der Waals surface area contributed by atoms with Gasteiger partial charge in [0.15, 0.2) is 5.75 Å².